The molecule has 7 heteroatoms. The number of benzene rings is 1. The molecule has 2 rings (SSSR count). The molecule has 25 heavy (non-hydrogen) atoms. The average Bonchev–Trinajstić information content (AvgIpc) is 3.08. The molecule has 0 aliphatic carbocycles. The Morgan fingerprint density at radius 2 is 2.08 bits per heavy atom. The highest BCUT2D eigenvalue weighted by Crippen LogP contribution is 2.19. The number of amides is 1. The zero-order chi connectivity index (χ0) is 18.2. The number of hydrogen-bond donors (Lipinski definition) is 1. The molecule has 0 fully saturated rings. The zero-order valence-electron chi connectivity index (χ0n) is 13.8. The SMILES string of the molecule is CCCCNC(=O)/C(C#N)=C/c1cccn1-c1ccc([N+](=O)[O-])cc1. The van der Waals surface area contributed by atoms with E-state index in [1.165, 1.54) is 18.2 Å². The minimum atomic E-state index is -0.464. The Hall–Kier alpha value is -3.40. The molecular formula is C18H18N4O3. The summed E-state index contributed by atoms with van der Waals surface area (Å²) in [5, 5.41) is 22.7. The van der Waals surface area contributed by atoms with Crippen molar-refractivity contribution >= 4 is 17.7 Å². The van der Waals surface area contributed by atoms with Gasteiger partial charge < -0.3 is 9.88 Å². The van der Waals surface area contributed by atoms with Crippen molar-refractivity contribution in [2.75, 3.05) is 6.54 Å². The van der Waals surface area contributed by atoms with Gasteiger partial charge in [0.15, 0.2) is 0 Å². The molecule has 0 spiro atoms. The van der Waals surface area contributed by atoms with Gasteiger partial charge >= 0.3 is 0 Å². The van der Waals surface area contributed by atoms with Crippen molar-refractivity contribution in [2.24, 2.45) is 0 Å². The van der Waals surface area contributed by atoms with Gasteiger partial charge in [0.1, 0.15) is 11.6 Å². The number of nitrogens with one attached hydrogen (secondary N) is 1. The number of unbranched alkanes of at least 4 members (excludes halogenated alkanes) is 1. The van der Waals surface area contributed by atoms with Crippen LogP contribution in [0.4, 0.5) is 5.69 Å². The molecule has 1 N–H and O–H groups in total. The molecular weight excluding hydrogens is 320 g/mol. The minimum absolute atomic E-state index is 0.000939. The minimum Gasteiger partial charge on any atom is -0.351 e. The van der Waals surface area contributed by atoms with Crippen molar-refractivity contribution in [3.63, 3.8) is 0 Å². The molecule has 1 heterocycles. The van der Waals surface area contributed by atoms with Gasteiger partial charge in [-0.05, 0) is 36.8 Å². The lowest BCUT2D eigenvalue weighted by Gasteiger charge is -2.07. The number of nitrogens with zero attached hydrogens (tertiary/aromatic N) is 3. The van der Waals surface area contributed by atoms with Crippen LogP contribution >= 0.6 is 0 Å². The molecule has 0 aliphatic heterocycles. The summed E-state index contributed by atoms with van der Waals surface area (Å²) in [5.41, 5.74) is 1.35. The van der Waals surface area contributed by atoms with E-state index < -0.39 is 10.8 Å². The number of aromatic nitrogens is 1. The Kier molecular flexibility index (Phi) is 6.07. The lowest BCUT2D eigenvalue weighted by molar-refractivity contribution is -0.384. The second-order valence-corrected chi connectivity index (χ2v) is 5.36. The average molecular weight is 338 g/mol. The Bertz CT molecular complexity index is 829. The monoisotopic (exact) mass is 338 g/mol. The predicted molar refractivity (Wildman–Crippen MR) is 93.9 cm³/mol. The third-order valence-electron chi connectivity index (χ3n) is 3.59. The summed E-state index contributed by atoms with van der Waals surface area (Å²) in [7, 11) is 0. The van der Waals surface area contributed by atoms with Crippen LogP contribution in [0.1, 0.15) is 25.5 Å². The van der Waals surface area contributed by atoms with Crippen LogP contribution in [0.3, 0.4) is 0 Å². The van der Waals surface area contributed by atoms with Crippen molar-refractivity contribution in [2.45, 2.75) is 19.8 Å². The summed E-state index contributed by atoms with van der Waals surface area (Å²) < 4.78 is 1.75. The molecule has 0 aliphatic rings. The molecule has 1 aromatic carbocycles. The van der Waals surface area contributed by atoms with Crippen LogP contribution in [-0.2, 0) is 4.79 Å². The van der Waals surface area contributed by atoms with Gasteiger partial charge in [0, 0.05) is 36.3 Å². The van der Waals surface area contributed by atoms with E-state index in [4.69, 9.17) is 0 Å². The number of rotatable bonds is 7. The molecule has 0 bridgehead atoms. The maximum atomic E-state index is 12.1. The van der Waals surface area contributed by atoms with Crippen LogP contribution in [0.5, 0.6) is 0 Å². The van der Waals surface area contributed by atoms with Crippen molar-refractivity contribution < 1.29 is 9.72 Å². The fraction of sp³-hybridized carbons (Fsp3) is 0.222. The molecule has 1 aromatic heterocycles. The normalized spacial score (nSPS) is 11.0. The van der Waals surface area contributed by atoms with E-state index in [2.05, 4.69) is 5.32 Å². The number of carbonyl (C=O) groups is 1. The van der Waals surface area contributed by atoms with Gasteiger partial charge in [0.25, 0.3) is 11.6 Å². The number of nitro groups is 1. The quantitative estimate of drug-likeness (QED) is 0.275. The van der Waals surface area contributed by atoms with Crippen molar-refractivity contribution in [3.05, 3.63) is 64.0 Å². The molecule has 128 valence electrons. The Morgan fingerprint density at radius 3 is 2.68 bits per heavy atom. The van der Waals surface area contributed by atoms with Gasteiger partial charge in [-0.15, -0.1) is 0 Å². The van der Waals surface area contributed by atoms with E-state index in [1.54, 1.807) is 35.0 Å². The maximum Gasteiger partial charge on any atom is 0.269 e. The van der Waals surface area contributed by atoms with Crippen LogP contribution in [0.15, 0.2) is 48.2 Å². The molecule has 0 atom stereocenters. The molecule has 0 saturated carbocycles. The largest absolute Gasteiger partial charge is 0.351 e. The van der Waals surface area contributed by atoms with Crippen molar-refractivity contribution in [3.8, 4) is 11.8 Å². The van der Waals surface area contributed by atoms with E-state index in [0.717, 1.165) is 12.8 Å². The number of nitro benzene ring substituents is 1. The first-order chi connectivity index (χ1) is 12.1. The maximum absolute atomic E-state index is 12.1. The highest BCUT2D eigenvalue weighted by atomic mass is 16.6. The lowest BCUT2D eigenvalue weighted by atomic mass is 10.2. The molecule has 2 aromatic rings. The third-order valence-corrected chi connectivity index (χ3v) is 3.59. The fourth-order valence-electron chi connectivity index (χ4n) is 2.25. The molecule has 7 nitrogen and oxygen atoms in total. The van der Waals surface area contributed by atoms with Gasteiger partial charge in [0.05, 0.1) is 4.92 Å². The van der Waals surface area contributed by atoms with Gasteiger partial charge in [-0.2, -0.15) is 5.26 Å². The Morgan fingerprint density at radius 1 is 1.36 bits per heavy atom. The Labute approximate surface area is 145 Å². The van der Waals surface area contributed by atoms with E-state index in [9.17, 15) is 20.2 Å². The summed E-state index contributed by atoms with van der Waals surface area (Å²) in [6, 6.07) is 11.5. The number of nitriles is 1. The smallest absolute Gasteiger partial charge is 0.269 e. The molecule has 0 unspecified atom stereocenters. The van der Waals surface area contributed by atoms with Gasteiger partial charge in [0.2, 0.25) is 0 Å². The van der Waals surface area contributed by atoms with E-state index >= 15 is 0 Å². The lowest BCUT2D eigenvalue weighted by Crippen LogP contribution is -2.25. The summed E-state index contributed by atoms with van der Waals surface area (Å²) in [6.07, 6.45) is 5.07. The number of hydrogen-bond acceptors (Lipinski definition) is 4. The first-order valence-corrected chi connectivity index (χ1v) is 7.89. The summed E-state index contributed by atoms with van der Waals surface area (Å²) in [5.74, 6) is -0.410. The van der Waals surface area contributed by atoms with Gasteiger partial charge in [-0.1, -0.05) is 13.3 Å². The van der Waals surface area contributed by atoms with E-state index in [-0.39, 0.29) is 11.3 Å². The number of non-ortho nitro benzene ring substituents is 1. The first kappa shape index (κ1) is 17.9. The van der Waals surface area contributed by atoms with Crippen LogP contribution in [0.25, 0.3) is 11.8 Å². The standard InChI is InChI=1S/C18H18N4O3/c1-2-3-10-20-18(23)14(13-19)12-17-5-4-11-21(17)15-6-8-16(9-7-15)22(24)25/h4-9,11-12H,2-3,10H2,1H3,(H,20,23)/b14-12+. The second kappa shape index (κ2) is 8.45. The summed E-state index contributed by atoms with van der Waals surface area (Å²) >= 11 is 0. The van der Waals surface area contributed by atoms with Gasteiger partial charge in [-0.3, -0.25) is 14.9 Å². The van der Waals surface area contributed by atoms with Crippen LogP contribution in [0, 0.1) is 21.4 Å². The van der Waals surface area contributed by atoms with Crippen LogP contribution < -0.4 is 5.32 Å². The predicted octanol–water partition coefficient (Wildman–Crippen LogP) is 3.21. The molecule has 0 saturated heterocycles. The third kappa shape index (κ3) is 4.54. The highest BCUT2D eigenvalue weighted by Gasteiger charge is 2.11. The Balaban J connectivity index is 2.26. The van der Waals surface area contributed by atoms with Crippen LogP contribution in [-0.4, -0.2) is 21.9 Å². The molecule has 0 radical (unpaired) electrons. The van der Waals surface area contributed by atoms with Crippen molar-refractivity contribution in [1.82, 2.24) is 9.88 Å². The van der Waals surface area contributed by atoms with Gasteiger partial charge in [-0.25, -0.2) is 0 Å². The summed E-state index contributed by atoms with van der Waals surface area (Å²) in [6.45, 7) is 2.54. The first-order valence-electron chi connectivity index (χ1n) is 7.89. The molecule has 1 amide bonds. The van der Waals surface area contributed by atoms with E-state index in [1.807, 2.05) is 13.0 Å². The summed E-state index contributed by atoms with van der Waals surface area (Å²) in [4.78, 5) is 22.3. The topological polar surface area (TPSA) is 101 Å². The highest BCUT2D eigenvalue weighted by molar-refractivity contribution is 6.01. The second-order valence-electron chi connectivity index (χ2n) is 5.36. The zero-order valence-corrected chi connectivity index (χ0v) is 13.8. The van der Waals surface area contributed by atoms with Crippen LogP contribution in [0.2, 0.25) is 0 Å². The van der Waals surface area contributed by atoms with Crippen molar-refractivity contribution in [1.29, 1.82) is 5.26 Å². The van der Waals surface area contributed by atoms with E-state index in [0.29, 0.717) is 17.9 Å². The fourth-order valence-corrected chi connectivity index (χ4v) is 2.25. The number of carbonyl (C=O) groups excluding carboxylic acids is 1.